The highest BCUT2D eigenvalue weighted by molar-refractivity contribution is 5.20. The van der Waals surface area contributed by atoms with Crippen LogP contribution >= 0.6 is 0 Å². The molecule has 1 unspecified atom stereocenters. The van der Waals surface area contributed by atoms with E-state index in [1.807, 2.05) is 36.3 Å². The van der Waals surface area contributed by atoms with Gasteiger partial charge in [0.25, 0.3) is 0 Å². The van der Waals surface area contributed by atoms with Crippen molar-refractivity contribution in [3.05, 3.63) is 41.7 Å². The predicted octanol–water partition coefficient (Wildman–Crippen LogP) is 2.09. The number of aryl methyl sites for hydroxylation is 2. The van der Waals surface area contributed by atoms with Gasteiger partial charge < -0.3 is 5.32 Å². The molecule has 0 aliphatic heterocycles. The number of aromatic nitrogens is 4. The maximum Gasteiger partial charge on any atom is 0.0937 e. The van der Waals surface area contributed by atoms with Crippen LogP contribution in [0.5, 0.6) is 0 Å². The SMILES string of the molecule is CCCNC(c1cnc(C)cn1)c1ccnn1CC. The highest BCUT2D eigenvalue weighted by Gasteiger charge is 2.18. The normalized spacial score (nSPS) is 12.6. The second-order valence-electron chi connectivity index (χ2n) is 4.54. The van der Waals surface area contributed by atoms with Crippen molar-refractivity contribution >= 4 is 0 Å². The number of rotatable bonds is 6. The van der Waals surface area contributed by atoms with Crippen molar-refractivity contribution in [2.24, 2.45) is 0 Å². The van der Waals surface area contributed by atoms with Crippen LogP contribution in [0.3, 0.4) is 0 Å². The molecule has 5 heteroatoms. The molecule has 0 spiro atoms. The second kappa shape index (κ2) is 6.43. The molecule has 0 bridgehead atoms. The average molecular weight is 259 g/mol. The highest BCUT2D eigenvalue weighted by Crippen LogP contribution is 2.19. The summed E-state index contributed by atoms with van der Waals surface area (Å²) in [5.74, 6) is 0. The Hall–Kier alpha value is -1.75. The Bertz CT molecular complexity index is 503. The van der Waals surface area contributed by atoms with Gasteiger partial charge in [0.2, 0.25) is 0 Å². The van der Waals surface area contributed by atoms with Gasteiger partial charge in [-0.3, -0.25) is 14.6 Å². The Balaban J connectivity index is 2.32. The second-order valence-corrected chi connectivity index (χ2v) is 4.54. The Morgan fingerprint density at radius 1 is 1.26 bits per heavy atom. The summed E-state index contributed by atoms with van der Waals surface area (Å²) in [5.41, 5.74) is 3.00. The van der Waals surface area contributed by atoms with E-state index in [-0.39, 0.29) is 6.04 Å². The summed E-state index contributed by atoms with van der Waals surface area (Å²) in [6, 6.07) is 2.09. The van der Waals surface area contributed by atoms with Crippen molar-refractivity contribution in [2.45, 2.75) is 39.8 Å². The molecule has 102 valence electrons. The van der Waals surface area contributed by atoms with Crippen LogP contribution < -0.4 is 5.32 Å². The van der Waals surface area contributed by atoms with Crippen LogP contribution in [0.15, 0.2) is 24.7 Å². The summed E-state index contributed by atoms with van der Waals surface area (Å²) in [6.45, 7) is 7.98. The summed E-state index contributed by atoms with van der Waals surface area (Å²) in [7, 11) is 0. The largest absolute Gasteiger partial charge is 0.304 e. The lowest BCUT2D eigenvalue weighted by Gasteiger charge is -2.19. The minimum absolute atomic E-state index is 0.0514. The number of nitrogens with zero attached hydrogens (tertiary/aromatic N) is 4. The first kappa shape index (κ1) is 13.7. The first-order chi connectivity index (χ1) is 9.26. The van der Waals surface area contributed by atoms with Crippen molar-refractivity contribution < 1.29 is 0 Å². The minimum atomic E-state index is 0.0514. The summed E-state index contributed by atoms with van der Waals surface area (Å²) >= 11 is 0. The fourth-order valence-corrected chi connectivity index (χ4v) is 2.05. The van der Waals surface area contributed by atoms with Crippen molar-refractivity contribution in [3.63, 3.8) is 0 Å². The van der Waals surface area contributed by atoms with Gasteiger partial charge in [-0.05, 0) is 32.9 Å². The third-order valence-corrected chi connectivity index (χ3v) is 3.04. The van der Waals surface area contributed by atoms with E-state index in [0.29, 0.717) is 0 Å². The molecule has 1 N–H and O–H groups in total. The van der Waals surface area contributed by atoms with Crippen molar-refractivity contribution in [2.75, 3.05) is 6.54 Å². The lowest BCUT2D eigenvalue weighted by Crippen LogP contribution is -2.26. The van der Waals surface area contributed by atoms with Gasteiger partial charge in [-0.15, -0.1) is 0 Å². The van der Waals surface area contributed by atoms with E-state index in [4.69, 9.17) is 0 Å². The van der Waals surface area contributed by atoms with Gasteiger partial charge in [0, 0.05) is 18.9 Å². The Morgan fingerprint density at radius 3 is 2.74 bits per heavy atom. The standard InChI is InChI=1S/C14H21N5/c1-4-7-15-14(12-10-16-11(3)9-17-12)13-6-8-18-19(13)5-2/h6,8-10,14-15H,4-5,7H2,1-3H3. The molecule has 2 aromatic rings. The number of hydrogen-bond donors (Lipinski definition) is 1. The molecule has 0 saturated heterocycles. The summed E-state index contributed by atoms with van der Waals surface area (Å²) in [5, 5.41) is 7.85. The van der Waals surface area contributed by atoms with E-state index in [2.05, 4.69) is 34.2 Å². The van der Waals surface area contributed by atoms with Gasteiger partial charge in [-0.1, -0.05) is 6.92 Å². The topological polar surface area (TPSA) is 55.6 Å². The van der Waals surface area contributed by atoms with Gasteiger partial charge in [-0.2, -0.15) is 5.10 Å². The quantitative estimate of drug-likeness (QED) is 0.863. The van der Waals surface area contributed by atoms with Gasteiger partial charge in [0.15, 0.2) is 0 Å². The number of nitrogens with one attached hydrogen (secondary N) is 1. The zero-order valence-corrected chi connectivity index (χ0v) is 11.8. The van der Waals surface area contributed by atoms with Gasteiger partial charge in [0.1, 0.15) is 0 Å². The minimum Gasteiger partial charge on any atom is -0.304 e. The highest BCUT2D eigenvalue weighted by atomic mass is 15.3. The van der Waals surface area contributed by atoms with Crippen LogP contribution in [0, 0.1) is 6.92 Å². The van der Waals surface area contributed by atoms with Crippen LogP contribution in [0.1, 0.15) is 43.4 Å². The zero-order valence-electron chi connectivity index (χ0n) is 11.8. The van der Waals surface area contributed by atoms with E-state index in [1.54, 1.807) is 0 Å². The Labute approximate surface area is 114 Å². The van der Waals surface area contributed by atoms with Crippen LogP contribution in [-0.2, 0) is 6.54 Å². The van der Waals surface area contributed by atoms with Crippen molar-refractivity contribution in [1.82, 2.24) is 25.1 Å². The molecule has 2 heterocycles. The maximum absolute atomic E-state index is 4.50. The van der Waals surface area contributed by atoms with Crippen molar-refractivity contribution in [3.8, 4) is 0 Å². The zero-order chi connectivity index (χ0) is 13.7. The lowest BCUT2D eigenvalue weighted by molar-refractivity contribution is 0.520. The van der Waals surface area contributed by atoms with E-state index in [9.17, 15) is 0 Å². The summed E-state index contributed by atoms with van der Waals surface area (Å²) in [4.78, 5) is 8.84. The molecule has 0 fully saturated rings. The van der Waals surface area contributed by atoms with E-state index in [1.165, 1.54) is 0 Å². The first-order valence-corrected chi connectivity index (χ1v) is 6.79. The summed E-state index contributed by atoms with van der Waals surface area (Å²) in [6.07, 6.45) is 6.56. The molecule has 0 aromatic carbocycles. The van der Waals surface area contributed by atoms with Gasteiger partial charge in [0.05, 0.1) is 29.3 Å². The predicted molar refractivity (Wildman–Crippen MR) is 74.8 cm³/mol. The number of hydrogen-bond acceptors (Lipinski definition) is 4. The van der Waals surface area contributed by atoms with E-state index in [0.717, 1.165) is 36.6 Å². The molecule has 1 atom stereocenters. The molecule has 5 nitrogen and oxygen atoms in total. The molecule has 19 heavy (non-hydrogen) atoms. The fraction of sp³-hybridized carbons (Fsp3) is 0.500. The average Bonchev–Trinajstić information content (AvgIpc) is 2.89. The third kappa shape index (κ3) is 3.17. The van der Waals surface area contributed by atoms with Crippen LogP contribution in [-0.4, -0.2) is 26.3 Å². The van der Waals surface area contributed by atoms with E-state index < -0.39 is 0 Å². The van der Waals surface area contributed by atoms with Crippen LogP contribution in [0.25, 0.3) is 0 Å². The van der Waals surface area contributed by atoms with Crippen LogP contribution in [0.4, 0.5) is 0 Å². The molecule has 0 saturated carbocycles. The van der Waals surface area contributed by atoms with Gasteiger partial charge in [-0.25, -0.2) is 0 Å². The fourth-order valence-electron chi connectivity index (χ4n) is 2.05. The molecular formula is C14H21N5. The van der Waals surface area contributed by atoms with E-state index >= 15 is 0 Å². The summed E-state index contributed by atoms with van der Waals surface area (Å²) < 4.78 is 1.99. The molecule has 2 rings (SSSR count). The molecule has 0 amide bonds. The molecule has 0 radical (unpaired) electrons. The monoisotopic (exact) mass is 259 g/mol. The lowest BCUT2D eigenvalue weighted by atomic mass is 10.1. The first-order valence-electron chi connectivity index (χ1n) is 6.79. The maximum atomic E-state index is 4.50. The molecule has 0 aliphatic carbocycles. The molecular weight excluding hydrogens is 238 g/mol. The molecule has 0 aliphatic rings. The third-order valence-electron chi connectivity index (χ3n) is 3.04. The smallest absolute Gasteiger partial charge is 0.0937 e. The van der Waals surface area contributed by atoms with Gasteiger partial charge >= 0.3 is 0 Å². The van der Waals surface area contributed by atoms with Crippen LogP contribution in [0.2, 0.25) is 0 Å². The Morgan fingerprint density at radius 2 is 2.11 bits per heavy atom. The van der Waals surface area contributed by atoms with Crippen molar-refractivity contribution in [1.29, 1.82) is 0 Å². The molecule has 2 aromatic heterocycles. The Kier molecular flexibility index (Phi) is 4.63.